The molecule has 43 heavy (non-hydrogen) atoms. The number of nitrogens with zero attached hydrogens (tertiary/aromatic N) is 3. The van der Waals surface area contributed by atoms with Gasteiger partial charge in [0.15, 0.2) is 5.78 Å². The number of carbonyl (C=O) groups is 4. The van der Waals surface area contributed by atoms with E-state index in [1.807, 2.05) is 32.0 Å². The molecule has 11 nitrogen and oxygen atoms in total. The monoisotopic (exact) mass is 604 g/mol. The second-order valence-corrected chi connectivity index (χ2v) is 12.7. The van der Waals surface area contributed by atoms with Gasteiger partial charge in [-0.1, -0.05) is 50.2 Å². The lowest BCUT2D eigenvalue weighted by Gasteiger charge is -2.29. The van der Waals surface area contributed by atoms with E-state index in [9.17, 15) is 27.6 Å². The first-order valence-electron chi connectivity index (χ1n) is 14.0. The lowest BCUT2D eigenvalue weighted by atomic mass is 10.0. The maximum absolute atomic E-state index is 13.9. The highest BCUT2D eigenvalue weighted by Gasteiger charge is 2.55. The zero-order valence-electron chi connectivity index (χ0n) is 23.8. The van der Waals surface area contributed by atoms with E-state index in [-0.39, 0.29) is 36.6 Å². The van der Waals surface area contributed by atoms with Crippen molar-refractivity contribution >= 4 is 32.7 Å². The number of likely N-dealkylation sites (tertiary alicyclic amines) is 1. The van der Waals surface area contributed by atoms with Gasteiger partial charge in [-0.3, -0.25) is 24.2 Å². The Balaban J connectivity index is 1.35. The normalized spacial score (nSPS) is 19.2. The number of aromatic nitrogens is 1. The highest BCUT2D eigenvalue weighted by atomic mass is 32.2. The number of ketones is 1. The minimum absolute atomic E-state index is 0.00983. The third-order valence-electron chi connectivity index (χ3n) is 7.49. The zero-order chi connectivity index (χ0) is 30.7. The van der Waals surface area contributed by atoms with Crippen LogP contribution in [-0.2, 0) is 19.6 Å². The summed E-state index contributed by atoms with van der Waals surface area (Å²) < 4.78 is 33.3. The van der Waals surface area contributed by atoms with Gasteiger partial charge in [0, 0.05) is 12.7 Å². The number of nitrogens with one attached hydrogen (secondary N) is 1. The molecule has 0 aliphatic carbocycles. The molecular weight excluding hydrogens is 572 g/mol. The Bertz CT molecular complexity index is 1630. The van der Waals surface area contributed by atoms with Crippen LogP contribution in [0, 0.1) is 5.92 Å². The van der Waals surface area contributed by atoms with E-state index in [0.717, 1.165) is 4.31 Å². The first-order chi connectivity index (χ1) is 20.6. The van der Waals surface area contributed by atoms with Gasteiger partial charge in [-0.05, 0) is 55.2 Å². The molecule has 2 amide bonds. The van der Waals surface area contributed by atoms with Crippen LogP contribution in [0.4, 0.5) is 0 Å². The molecule has 2 aliphatic rings. The highest BCUT2D eigenvalue weighted by molar-refractivity contribution is 8.04. The Kier molecular flexibility index (Phi) is 8.69. The third kappa shape index (κ3) is 6.20. The Morgan fingerprint density at radius 3 is 2.40 bits per heavy atom. The number of pyridine rings is 1. The Morgan fingerprint density at radius 1 is 1.00 bits per heavy atom. The number of Topliss-reactive ketones (excluding diaryl/α,β-unsaturated/α-hetero) is 1. The van der Waals surface area contributed by atoms with Crippen molar-refractivity contribution in [1.82, 2.24) is 19.5 Å². The summed E-state index contributed by atoms with van der Waals surface area (Å²) in [5, 5.41) is 1.63. The molecule has 3 unspecified atom stereocenters. The standard InChI is InChI=1S/C31H32N4O7S/c1-20(2)18-24(33-29(37)22-12-6-7-14-27(22)42-21-10-4-3-5-11-21)30(38)34-17-15-25-28(34)26(36)19-35(25)43(40,41)31(39)23-13-8-9-16-32-23/h3-14,16,20,24-25,28H,15,17-19H2,1-2H3,(H,33,37). The number of rotatable bonds is 9. The predicted octanol–water partition coefficient (Wildman–Crippen LogP) is 3.04. The summed E-state index contributed by atoms with van der Waals surface area (Å²) in [5.74, 6) is -0.627. The molecule has 224 valence electrons. The molecule has 2 aromatic carbocycles. The average Bonchev–Trinajstić information content (AvgIpc) is 3.58. The van der Waals surface area contributed by atoms with E-state index in [1.165, 1.54) is 23.2 Å². The molecule has 0 radical (unpaired) electrons. The van der Waals surface area contributed by atoms with Crippen molar-refractivity contribution in [2.24, 2.45) is 5.92 Å². The van der Waals surface area contributed by atoms with Gasteiger partial charge in [0.2, 0.25) is 5.91 Å². The molecular formula is C31H32N4O7S. The summed E-state index contributed by atoms with van der Waals surface area (Å²) in [7, 11) is -4.56. The molecule has 0 saturated carbocycles. The van der Waals surface area contributed by atoms with Crippen molar-refractivity contribution in [3.63, 3.8) is 0 Å². The summed E-state index contributed by atoms with van der Waals surface area (Å²) in [6.07, 6.45) is 1.77. The van der Waals surface area contributed by atoms with E-state index in [4.69, 9.17) is 4.74 Å². The van der Waals surface area contributed by atoms with Crippen LogP contribution in [0.5, 0.6) is 11.5 Å². The lowest BCUT2D eigenvalue weighted by molar-refractivity contribution is -0.138. The lowest BCUT2D eigenvalue weighted by Crippen LogP contribution is -2.53. The van der Waals surface area contributed by atoms with Crippen molar-refractivity contribution in [2.75, 3.05) is 13.1 Å². The first-order valence-corrected chi connectivity index (χ1v) is 15.4. The summed E-state index contributed by atoms with van der Waals surface area (Å²) in [5.41, 5.74) is -0.0185. The van der Waals surface area contributed by atoms with Crippen LogP contribution in [0.1, 0.15) is 47.5 Å². The van der Waals surface area contributed by atoms with Gasteiger partial charge >= 0.3 is 5.12 Å². The molecule has 0 bridgehead atoms. The number of para-hydroxylation sites is 2. The molecule has 3 heterocycles. The second kappa shape index (κ2) is 12.4. The van der Waals surface area contributed by atoms with Crippen molar-refractivity contribution in [2.45, 2.75) is 44.8 Å². The molecule has 12 heteroatoms. The fourth-order valence-corrected chi connectivity index (χ4v) is 7.02. The number of amides is 2. The smallest absolute Gasteiger partial charge is 0.310 e. The van der Waals surface area contributed by atoms with Crippen LogP contribution in [0.25, 0.3) is 0 Å². The van der Waals surface area contributed by atoms with Gasteiger partial charge in [-0.25, -0.2) is 8.42 Å². The van der Waals surface area contributed by atoms with Crippen molar-refractivity contribution < 1.29 is 32.3 Å². The van der Waals surface area contributed by atoms with Crippen LogP contribution >= 0.6 is 0 Å². The van der Waals surface area contributed by atoms with Gasteiger partial charge in [0.05, 0.1) is 18.2 Å². The average molecular weight is 605 g/mol. The van der Waals surface area contributed by atoms with Crippen LogP contribution < -0.4 is 10.1 Å². The number of sulfonamides is 1. The molecule has 0 spiro atoms. The SMILES string of the molecule is CC(C)CC(NC(=O)c1ccccc1Oc1ccccc1)C(=O)N1CCC2C1C(=O)CN2S(=O)(=O)C(=O)c1ccccn1. The Labute approximate surface area is 249 Å². The topological polar surface area (TPSA) is 143 Å². The molecule has 5 rings (SSSR count). The van der Waals surface area contributed by atoms with E-state index in [0.29, 0.717) is 11.5 Å². The summed E-state index contributed by atoms with van der Waals surface area (Å²) in [4.78, 5) is 58.6. The number of ether oxygens (including phenoxy) is 1. The molecule has 3 atom stereocenters. The number of fused-ring (bicyclic) bond motifs is 1. The van der Waals surface area contributed by atoms with Gasteiger partial charge in [-0.15, -0.1) is 0 Å². The molecule has 2 saturated heterocycles. The highest BCUT2D eigenvalue weighted by Crippen LogP contribution is 2.33. The maximum Gasteiger partial charge on any atom is 0.310 e. The van der Waals surface area contributed by atoms with Crippen molar-refractivity contribution in [1.29, 1.82) is 0 Å². The van der Waals surface area contributed by atoms with Crippen LogP contribution in [0.2, 0.25) is 0 Å². The number of hydrogen-bond donors (Lipinski definition) is 1. The van der Waals surface area contributed by atoms with E-state index in [1.54, 1.807) is 42.5 Å². The fourth-order valence-electron chi connectivity index (χ4n) is 5.55. The zero-order valence-corrected chi connectivity index (χ0v) is 24.6. The van der Waals surface area contributed by atoms with Gasteiger partial charge in [0.1, 0.15) is 29.3 Å². The molecule has 1 N–H and O–H groups in total. The molecule has 3 aromatic rings. The molecule has 1 aromatic heterocycles. The minimum atomic E-state index is -4.56. The van der Waals surface area contributed by atoms with Crippen LogP contribution in [0.3, 0.4) is 0 Å². The van der Waals surface area contributed by atoms with Crippen LogP contribution in [-0.4, -0.2) is 76.5 Å². The van der Waals surface area contributed by atoms with E-state index >= 15 is 0 Å². The third-order valence-corrected chi connectivity index (χ3v) is 9.19. The van der Waals surface area contributed by atoms with E-state index in [2.05, 4.69) is 10.3 Å². The minimum Gasteiger partial charge on any atom is -0.457 e. The largest absolute Gasteiger partial charge is 0.457 e. The number of benzene rings is 2. The Morgan fingerprint density at radius 2 is 1.70 bits per heavy atom. The van der Waals surface area contributed by atoms with Gasteiger partial charge < -0.3 is 15.0 Å². The van der Waals surface area contributed by atoms with Crippen LogP contribution in [0.15, 0.2) is 79.0 Å². The molecule has 2 fully saturated rings. The van der Waals surface area contributed by atoms with E-state index < -0.39 is 57.4 Å². The number of hydrogen-bond acceptors (Lipinski definition) is 8. The Hall–Kier alpha value is -4.42. The molecule has 2 aliphatic heterocycles. The predicted molar refractivity (Wildman–Crippen MR) is 157 cm³/mol. The first kappa shape index (κ1) is 30.1. The summed E-state index contributed by atoms with van der Waals surface area (Å²) in [6, 6.07) is 17.1. The summed E-state index contributed by atoms with van der Waals surface area (Å²) in [6.45, 7) is 3.39. The number of carbonyl (C=O) groups excluding carboxylic acids is 4. The maximum atomic E-state index is 13.9. The van der Waals surface area contributed by atoms with Crippen molar-refractivity contribution in [3.8, 4) is 11.5 Å². The van der Waals surface area contributed by atoms with Gasteiger partial charge in [-0.2, -0.15) is 4.31 Å². The fraction of sp³-hybridized carbons (Fsp3) is 0.323. The van der Waals surface area contributed by atoms with Gasteiger partial charge in [0.25, 0.3) is 15.9 Å². The summed E-state index contributed by atoms with van der Waals surface area (Å²) >= 11 is 0. The quantitative estimate of drug-likeness (QED) is 0.393. The second-order valence-electron chi connectivity index (χ2n) is 10.9. The van der Waals surface area contributed by atoms with Crippen molar-refractivity contribution in [3.05, 3.63) is 90.3 Å².